The molecule has 120 valence electrons. The van der Waals surface area contributed by atoms with Gasteiger partial charge in [0.25, 0.3) is 0 Å². The SMILES string of the molecule is CCCCCC(C)(C)CNCc1cc(OC)cc(OC)c1. The predicted octanol–water partition coefficient (Wildman–Crippen LogP) is 4.40. The van der Waals surface area contributed by atoms with Crippen LogP contribution in [0.3, 0.4) is 0 Å². The topological polar surface area (TPSA) is 30.5 Å². The van der Waals surface area contributed by atoms with E-state index in [1.807, 2.05) is 6.07 Å². The van der Waals surface area contributed by atoms with E-state index in [0.29, 0.717) is 5.41 Å². The molecule has 3 heteroatoms. The smallest absolute Gasteiger partial charge is 0.122 e. The number of nitrogens with one attached hydrogen (secondary N) is 1. The number of hydrogen-bond acceptors (Lipinski definition) is 3. The number of ether oxygens (including phenoxy) is 2. The Balaban J connectivity index is 2.47. The zero-order valence-electron chi connectivity index (χ0n) is 14.3. The molecule has 0 aliphatic carbocycles. The minimum Gasteiger partial charge on any atom is -0.497 e. The minimum atomic E-state index is 0.345. The average molecular weight is 293 g/mol. The largest absolute Gasteiger partial charge is 0.497 e. The molecule has 0 aliphatic heterocycles. The maximum absolute atomic E-state index is 5.30. The van der Waals surface area contributed by atoms with Gasteiger partial charge in [0.05, 0.1) is 14.2 Å². The molecule has 0 radical (unpaired) electrons. The maximum Gasteiger partial charge on any atom is 0.122 e. The molecule has 0 aromatic heterocycles. The fraction of sp³-hybridized carbons (Fsp3) is 0.667. The molecule has 3 nitrogen and oxygen atoms in total. The van der Waals surface area contributed by atoms with Gasteiger partial charge in [-0.15, -0.1) is 0 Å². The molecule has 0 unspecified atom stereocenters. The second kappa shape index (κ2) is 8.93. The highest BCUT2D eigenvalue weighted by molar-refractivity contribution is 5.38. The van der Waals surface area contributed by atoms with Crippen LogP contribution in [0.5, 0.6) is 11.5 Å². The summed E-state index contributed by atoms with van der Waals surface area (Å²) in [5, 5.41) is 3.56. The van der Waals surface area contributed by atoms with Crippen LogP contribution in [0.2, 0.25) is 0 Å². The second-order valence-electron chi connectivity index (χ2n) is 6.45. The van der Waals surface area contributed by atoms with Crippen molar-refractivity contribution in [1.82, 2.24) is 5.32 Å². The molecule has 1 aromatic rings. The van der Waals surface area contributed by atoms with Gasteiger partial charge in [-0.25, -0.2) is 0 Å². The van der Waals surface area contributed by atoms with E-state index in [4.69, 9.17) is 9.47 Å². The van der Waals surface area contributed by atoms with Crippen molar-refractivity contribution in [1.29, 1.82) is 0 Å². The zero-order chi connectivity index (χ0) is 15.7. The molecule has 0 saturated carbocycles. The summed E-state index contributed by atoms with van der Waals surface area (Å²) in [7, 11) is 3.37. The first-order chi connectivity index (χ1) is 10.0. The van der Waals surface area contributed by atoms with Gasteiger partial charge in [-0.3, -0.25) is 0 Å². The van der Waals surface area contributed by atoms with Crippen LogP contribution in [-0.2, 0) is 6.54 Å². The average Bonchev–Trinajstić information content (AvgIpc) is 2.46. The van der Waals surface area contributed by atoms with Crippen molar-refractivity contribution in [3.8, 4) is 11.5 Å². The van der Waals surface area contributed by atoms with Crippen molar-refractivity contribution in [3.05, 3.63) is 23.8 Å². The van der Waals surface area contributed by atoms with Crippen LogP contribution in [0.25, 0.3) is 0 Å². The monoisotopic (exact) mass is 293 g/mol. The minimum absolute atomic E-state index is 0.345. The quantitative estimate of drug-likeness (QED) is 0.649. The lowest BCUT2D eigenvalue weighted by atomic mass is 9.87. The molecule has 0 heterocycles. The number of rotatable bonds is 10. The van der Waals surface area contributed by atoms with Crippen LogP contribution in [-0.4, -0.2) is 20.8 Å². The van der Waals surface area contributed by atoms with Gasteiger partial charge in [-0.05, 0) is 29.5 Å². The molecule has 1 N–H and O–H groups in total. The Morgan fingerprint density at radius 2 is 1.62 bits per heavy atom. The predicted molar refractivity (Wildman–Crippen MR) is 89.2 cm³/mol. The molecule has 0 atom stereocenters. The van der Waals surface area contributed by atoms with Gasteiger partial charge in [-0.2, -0.15) is 0 Å². The van der Waals surface area contributed by atoms with Crippen LogP contribution in [0.4, 0.5) is 0 Å². The first kappa shape index (κ1) is 17.8. The molecule has 1 rings (SSSR count). The van der Waals surface area contributed by atoms with Crippen molar-refractivity contribution in [2.24, 2.45) is 5.41 Å². The summed E-state index contributed by atoms with van der Waals surface area (Å²) in [6.07, 6.45) is 5.21. The Morgan fingerprint density at radius 3 is 2.14 bits per heavy atom. The third kappa shape index (κ3) is 6.85. The normalized spacial score (nSPS) is 11.5. The second-order valence-corrected chi connectivity index (χ2v) is 6.45. The van der Waals surface area contributed by atoms with E-state index in [1.54, 1.807) is 14.2 Å². The van der Waals surface area contributed by atoms with Crippen LogP contribution in [0.1, 0.15) is 52.0 Å². The highest BCUT2D eigenvalue weighted by Crippen LogP contribution is 2.24. The summed E-state index contributed by atoms with van der Waals surface area (Å²) in [6.45, 7) is 8.78. The van der Waals surface area contributed by atoms with Crippen molar-refractivity contribution < 1.29 is 9.47 Å². The lowest BCUT2D eigenvalue weighted by molar-refractivity contribution is 0.301. The van der Waals surface area contributed by atoms with Gasteiger partial charge in [0, 0.05) is 19.2 Å². The number of unbranched alkanes of at least 4 members (excludes halogenated alkanes) is 2. The first-order valence-electron chi connectivity index (χ1n) is 7.93. The Labute approximate surface area is 130 Å². The Morgan fingerprint density at radius 1 is 1.00 bits per heavy atom. The third-order valence-corrected chi connectivity index (χ3v) is 3.80. The highest BCUT2D eigenvalue weighted by Gasteiger charge is 2.16. The molecule has 0 amide bonds. The number of methoxy groups -OCH3 is 2. The summed E-state index contributed by atoms with van der Waals surface area (Å²) in [5.41, 5.74) is 1.54. The van der Waals surface area contributed by atoms with E-state index in [1.165, 1.54) is 31.2 Å². The van der Waals surface area contributed by atoms with Gasteiger partial charge >= 0.3 is 0 Å². The van der Waals surface area contributed by atoms with Crippen molar-refractivity contribution in [2.45, 2.75) is 53.0 Å². The van der Waals surface area contributed by atoms with E-state index < -0.39 is 0 Å². The van der Waals surface area contributed by atoms with Crippen molar-refractivity contribution in [3.63, 3.8) is 0 Å². The van der Waals surface area contributed by atoms with E-state index in [2.05, 4.69) is 38.2 Å². The first-order valence-corrected chi connectivity index (χ1v) is 7.93. The standard InChI is InChI=1S/C18H31NO2/c1-6-7-8-9-18(2,3)14-19-13-15-10-16(20-4)12-17(11-15)21-5/h10-12,19H,6-9,13-14H2,1-5H3. The summed E-state index contributed by atoms with van der Waals surface area (Å²) in [4.78, 5) is 0. The van der Waals surface area contributed by atoms with Crippen molar-refractivity contribution in [2.75, 3.05) is 20.8 Å². The summed E-state index contributed by atoms with van der Waals surface area (Å²) in [5.74, 6) is 1.68. The molecule has 0 bridgehead atoms. The summed E-state index contributed by atoms with van der Waals surface area (Å²) < 4.78 is 10.6. The number of benzene rings is 1. The van der Waals surface area contributed by atoms with Gasteiger partial charge in [0.1, 0.15) is 11.5 Å². The van der Waals surface area contributed by atoms with Gasteiger partial charge in [-0.1, -0.05) is 40.0 Å². The van der Waals surface area contributed by atoms with E-state index in [-0.39, 0.29) is 0 Å². The molecule has 0 fully saturated rings. The lowest BCUT2D eigenvalue weighted by Gasteiger charge is -2.25. The van der Waals surface area contributed by atoms with Crippen LogP contribution < -0.4 is 14.8 Å². The molecule has 0 spiro atoms. The van der Waals surface area contributed by atoms with E-state index >= 15 is 0 Å². The van der Waals surface area contributed by atoms with Gasteiger partial charge in [0.2, 0.25) is 0 Å². The van der Waals surface area contributed by atoms with E-state index in [0.717, 1.165) is 24.6 Å². The molecule has 0 aliphatic rings. The Hall–Kier alpha value is -1.22. The van der Waals surface area contributed by atoms with Crippen molar-refractivity contribution >= 4 is 0 Å². The number of hydrogen-bond donors (Lipinski definition) is 1. The molecular formula is C18H31NO2. The zero-order valence-corrected chi connectivity index (χ0v) is 14.3. The Bertz CT molecular complexity index is 393. The van der Waals surface area contributed by atoms with Gasteiger partial charge in [0.15, 0.2) is 0 Å². The van der Waals surface area contributed by atoms with E-state index in [9.17, 15) is 0 Å². The summed E-state index contributed by atoms with van der Waals surface area (Å²) >= 11 is 0. The molecule has 21 heavy (non-hydrogen) atoms. The molecule has 1 aromatic carbocycles. The molecular weight excluding hydrogens is 262 g/mol. The van der Waals surface area contributed by atoms with Crippen LogP contribution in [0.15, 0.2) is 18.2 Å². The fourth-order valence-corrected chi connectivity index (χ4v) is 2.46. The lowest BCUT2D eigenvalue weighted by Crippen LogP contribution is -2.29. The summed E-state index contributed by atoms with van der Waals surface area (Å²) in [6, 6.07) is 6.01. The van der Waals surface area contributed by atoms with Gasteiger partial charge < -0.3 is 14.8 Å². The molecule has 0 saturated heterocycles. The van der Waals surface area contributed by atoms with Crippen LogP contribution in [0, 0.1) is 5.41 Å². The fourth-order valence-electron chi connectivity index (χ4n) is 2.46. The highest BCUT2D eigenvalue weighted by atomic mass is 16.5. The van der Waals surface area contributed by atoms with Crippen LogP contribution >= 0.6 is 0 Å². The maximum atomic E-state index is 5.30. The third-order valence-electron chi connectivity index (χ3n) is 3.80. The Kier molecular flexibility index (Phi) is 7.58.